The molecule has 4 rings (SSSR count). The Morgan fingerprint density at radius 1 is 1.04 bits per heavy atom. The van der Waals surface area contributed by atoms with Crippen molar-refractivity contribution in [2.75, 3.05) is 4.67 Å². The molecule has 0 bridgehead atoms. The van der Waals surface area contributed by atoms with Gasteiger partial charge in [-0.1, -0.05) is 48.0 Å². The van der Waals surface area contributed by atoms with E-state index in [2.05, 4.69) is 0 Å². The predicted molar refractivity (Wildman–Crippen MR) is 105 cm³/mol. The van der Waals surface area contributed by atoms with Crippen molar-refractivity contribution in [1.29, 1.82) is 0 Å². The van der Waals surface area contributed by atoms with Crippen LogP contribution in [0.2, 0.25) is 5.02 Å². The molecule has 0 N–H and O–H groups in total. The first-order valence-corrected chi connectivity index (χ1v) is 11.3. The molecule has 1 heterocycles. The topological polar surface area (TPSA) is 29.5 Å². The van der Waals surface area contributed by atoms with Crippen LogP contribution in [0.1, 0.15) is 5.56 Å². The van der Waals surface area contributed by atoms with Gasteiger partial charge in [0, 0.05) is 27.5 Å². The van der Waals surface area contributed by atoms with Gasteiger partial charge in [-0.15, -0.1) is 0 Å². The maximum absolute atomic E-state index is 13.8. The Kier molecular flexibility index (Phi) is 4.70. The monoisotopic (exact) mass is 405 g/mol. The van der Waals surface area contributed by atoms with Crippen LogP contribution in [0, 0.1) is 5.82 Å². The molecular formula is C19H14ClFNO2PS. The summed E-state index contributed by atoms with van der Waals surface area (Å²) in [7, 11) is 0. The van der Waals surface area contributed by atoms with E-state index < -0.39 is 12.5 Å². The van der Waals surface area contributed by atoms with Crippen LogP contribution in [0.3, 0.4) is 0 Å². The van der Waals surface area contributed by atoms with Gasteiger partial charge in [0.1, 0.15) is 11.6 Å². The van der Waals surface area contributed by atoms with Crippen molar-refractivity contribution < 1.29 is 13.5 Å². The summed E-state index contributed by atoms with van der Waals surface area (Å²) in [6, 6.07) is 21.2. The summed E-state index contributed by atoms with van der Waals surface area (Å²) >= 11 is 7.11. The van der Waals surface area contributed by atoms with Crippen molar-refractivity contribution in [2.24, 2.45) is 0 Å². The van der Waals surface area contributed by atoms with Crippen LogP contribution in [0.4, 0.5) is 10.1 Å². The lowest BCUT2D eigenvalue weighted by molar-refractivity contribution is 0.480. The highest BCUT2D eigenvalue weighted by Crippen LogP contribution is 2.68. The van der Waals surface area contributed by atoms with Crippen molar-refractivity contribution in [2.45, 2.75) is 11.4 Å². The molecule has 26 heavy (non-hydrogen) atoms. The Morgan fingerprint density at radius 2 is 1.77 bits per heavy atom. The molecule has 1 aliphatic rings. The summed E-state index contributed by atoms with van der Waals surface area (Å²) in [5.74, 6) is 0.0861. The van der Waals surface area contributed by atoms with E-state index in [0.29, 0.717) is 18.0 Å². The average molecular weight is 406 g/mol. The van der Waals surface area contributed by atoms with Gasteiger partial charge in [-0.25, -0.2) is 8.96 Å². The number of para-hydroxylation sites is 1. The minimum Gasteiger partial charge on any atom is -0.421 e. The van der Waals surface area contributed by atoms with E-state index in [9.17, 15) is 8.96 Å². The number of rotatable bonds is 3. The van der Waals surface area contributed by atoms with Crippen LogP contribution < -0.4 is 9.19 Å². The van der Waals surface area contributed by atoms with Crippen LogP contribution in [0.15, 0.2) is 77.7 Å². The Morgan fingerprint density at radius 3 is 2.54 bits per heavy atom. The highest BCUT2D eigenvalue weighted by Gasteiger charge is 2.40. The fourth-order valence-corrected chi connectivity index (χ4v) is 7.09. The van der Waals surface area contributed by atoms with Gasteiger partial charge in [-0.05, 0) is 36.4 Å². The zero-order chi connectivity index (χ0) is 18.1. The molecule has 1 aliphatic heterocycles. The second-order valence-electron chi connectivity index (χ2n) is 5.73. The van der Waals surface area contributed by atoms with E-state index in [4.69, 9.17) is 16.1 Å². The number of hydrogen-bond acceptors (Lipinski definition) is 3. The van der Waals surface area contributed by atoms with Gasteiger partial charge >= 0.3 is 6.72 Å². The van der Waals surface area contributed by atoms with Gasteiger partial charge in [0.25, 0.3) is 0 Å². The average Bonchev–Trinajstić information content (AvgIpc) is 2.64. The van der Waals surface area contributed by atoms with Gasteiger partial charge in [-0.2, -0.15) is 0 Å². The fraction of sp³-hybridized carbons (Fsp3) is 0.0526. The third kappa shape index (κ3) is 3.35. The van der Waals surface area contributed by atoms with Gasteiger partial charge < -0.3 is 4.52 Å². The van der Waals surface area contributed by atoms with Crippen molar-refractivity contribution in [3.05, 3.63) is 89.2 Å². The third-order valence-corrected chi connectivity index (χ3v) is 8.50. The number of hydrogen-bond donors (Lipinski definition) is 0. The van der Waals surface area contributed by atoms with Gasteiger partial charge in [0.15, 0.2) is 0 Å². The van der Waals surface area contributed by atoms with E-state index in [-0.39, 0.29) is 5.02 Å². The number of halogens is 2. The molecule has 1 atom stereocenters. The van der Waals surface area contributed by atoms with Crippen LogP contribution in [0.5, 0.6) is 5.75 Å². The van der Waals surface area contributed by atoms with Crippen molar-refractivity contribution in [1.82, 2.24) is 0 Å². The van der Waals surface area contributed by atoms with Crippen LogP contribution in [-0.4, -0.2) is 0 Å². The Balaban J connectivity index is 1.79. The molecule has 0 fully saturated rings. The molecule has 0 amide bonds. The minimum atomic E-state index is -3.37. The molecule has 0 aromatic heterocycles. The molecule has 0 saturated carbocycles. The summed E-state index contributed by atoms with van der Waals surface area (Å²) in [6.45, 7) is -2.98. The quantitative estimate of drug-likeness (QED) is 0.449. The molecule has 0 aliphatic carbocycles. The predicted octanol–water partition coefficient (Wildman–Crippen LogP) is 6.78. The van der Waals surface area contributed by atoms with E-state index in [1.54, 1.807) is 10.7 Å². The summed E-state index contributed by atoms with van der Waals surface area (Å²) in [5, 5.41) is -0.0161. The Bertz CT molecular complexity index is 1000. The maximum Gasteiger partial charge on any atom is 0.407 e. The van der Waals surface area contributed by atoms with E-state index in [1.165, 1.54) is 23.5 Å². The van der Waals surface area contributed by atoms with Gasteiger partial charge in [0.05, 0.1) is 11.6 Å². The molecular weight excluding hydrogens is 392 g/mol. The molecule has 0 spiro atoms. The largest absolute Gasteiger partial charge is 0.421 e. The molecule has 132 valence electrons. The SMILES string of the molecule is O=P1(Sc2ccccc2)Oc2ccccc2CN1c1ccc(F)c(Cl)c1. The van der Waals surface area contributed by atoms with Crippen LogP contribution in [0.25, 0.3) is 0 Å². The highest BCUT2D eigenvalue weighted by molar-refractivity contribution is 8.57. The molecule has 1 unspecified atom stereocenters. The van der Waals surface area contributed by atoms with E-state index >= 15 is 0 Å². The van der Waals surface area contributed by atoms with Crippen LogP contribution in [-0.2, 0) is 11.1 Å². The number of anilines is 1. The van der Waals surface area contributed by atoms with E-state index in [1.807, 2.05) is 54.6 Å². The minimum absolute atomic E-state index is 0.0161. The summed E-state index contributed by atoms with van der Waals surface area (Å²) in [6.07, 6.45) is 0. The number of benzene rings is 3. The van der Waals surface area contributed by atoms with Crippen molar-refractivity contribution >= 4 is 35.4 Å². The maximum atomic E-state index is 13.8. The van der Waals surface area contributed by atoms with Crippen LogP contribution >= 0.6 is 29.7 Å². The lowest BCUT2D eigenvalue weighted by Crippen LogP contribution is -2.25. The smallest absolute Gasteiger partial charge is 0.407 e. The second kappa shape index (κ2) is 6.99. The standard InChI is InChI=1S/C19H14ClFNO2PS/c20-17-12-15(10-11-18(17)21)22-13-14-6-4-5-9-19(14)24-25(22,23)26-16-7-2-1-3-8-16/h1-12H,13H2. The van der Waals surface area contributed by atoms with E-state index in [0.717, 1.165) is 10.5 Å². The number of nitrogens with zero attached hydrogens (tertiary/aromatic N) is 1. The molecule has 3 aromatic rings. The van der Waals surface area contributed by atoms with Gasteiger partial charge in [-0.3, -0.25) is 4.67 Å². The fourth-order valence-electron chi connectivity index (χ4n) is 2.71. The summed E-state index contributed by atoms with van der Waals surface area (Å²) in [5.41, 5.74) is 1.46. The first kappa shape index (κ1) is 17.5. The van der Waals surface area contributed by atoms with Gasteiger partial charge in [0.2, 0.25) is 0 Å². The third-order valence-electron chi connectivity index (χ3n) is 3.97. The lowest BCUT2D eigenvalue weighted by atomic mass is 10.2. The normalized spacial score (nSPS) is 18.9. The highest BCUT2D eigenvalue weighted by atomic mass is 35.5. The zero-order valence-corrected chi connectivity index (χ0v) is 16.0. The first-order chi connectivity index (χ1) is 12.5. The van der Waals surface area contributed by atoms with Crippen molar-refractivity contribution in [3.63, 3.8) is 0 Å². The molecule has 3 nitrogen and oxygen atoms in total. The summed E-state index contributed by atoms with van der Waals surface area (Å²) < 4.78 is 35.0. The zero-order valence-electron chi connectivity index (χ0n) is 13.5. The Labute approximate surface area is 160 Å². The first-order valence-electron chi connectivity index (χ1n) is 7.90. The lowest BCUT2D eigenvalue weighted by Gasteiger charge is -2.37. The molecule has 0 saturated heterocycles. The second-order valence-corrected chi connectivity index (χ2v) is 10.3. The number of fused-ring (bicyclic) bond motifs is 1. The van der Waals surface area contributed by atoms with Crippen molar-refractivity contribution in [3.8, 4) is 5.75 Å². The molecule has 0 radical (unpaired) electrons. The molecule has 7 heteroatoms. The Hall–Kier alpha value is -1.94. The molecule has 3 aromatic carbocycles. The summed E-state index contributed by atoms with van der Waals surface area (Å²) in [4.78, 5) is 0.827.